The fourth-order valence-electron chi connectivity index (χ4n) is 2.42. The molecule has 0 unspecified atom stereocenters. The molecule has 1 saturated heterocycles. The van der Waals surface area contributed by atoms with Crippen molar-refractivity contribution in [3.63, 3.8) is 0 Å². The van der Waals surface area contributed by atoms with Crippen LogP contribution in [0.15, 0.2) is 10.4 Å². The van der Waals surface area contributed by atoms with E-state index in [1.165, 1.54) is 18.0 Å². The zero-order valence-corrected chi connectivity index (χ0v) is 13.8. The first kappa shape index (κ1) is 15.1. The predicted molar refractivity (Wildman–Crippen MR) is 86.9 cm³/mol. The Bertz CT molecular complexity index is 436. The second-order valence-electron chi connectivity index (χ2n) is 5.54. The van der Waals surface area contributed by atoms with Gasteiger partial charge >= 0.3 is 0 Å². The molecule has 1 aromatic heterocycles. The Morgan fingerprint density at radius 3 is 2.50 bits per heavy atom. The van der Waals surface area contributed by atoms with Crippen molar-refractivity contribution in [3.8, 4) is 0 Å². The summed E-state index contributed by atoms with van der Waals surface area (Å²) in [5.41, 5.74) is 1.16. The smallest absolute Gasteiger partial charge is 0.195 e. The van der Waals surface area contributed by atoms with Gasteiger partial charge in [-0.2, -0.15) is 0 Å². The van der Waals surface area contributed by atoms with E-state index in [0.717, 1.165) is 37.7 Å². The average molecular weight is 295 g/mol. The van der Waals surface area contributed by atoms with Crippen LogP contribution < -0.4 is 4.90 Å². The zero-order valence-electron chi connectivity index (χ0n) is 13.0. The molecule has 0 radical (unpaired) electrons. The standard InChI is InChI=1S/C14H25N5S/c1-17(2)13(18(3)4)15-8-7-12-11-20-14(16-12)19-9-5-6-10-19/h11H,5-10H2,1-4H3. The number of aliphatic imine (C=N–C) groups is 1. The highest BCUT2D eigenvalue weighted by Gasteiger charge is 2.15. The second-order valence-corrected chi connectivity index (χ2v) is 6.37. The molecule has 6 heteroatoms. The van der Waals surface area contributed by atoms with Gasteiger partial charge < -0.3 is 14.7 Å². The van der Waals surface area contributed by atoms with E-state index >= 15 is 0 Å². The molecule has 2 rings (SSSR count). The van der Waals surface area contributed by atoms with Crippen molar-refractivity contribution in [3.05, 3.63) is 11.1 Å². The largest absolute Gasteiger partial charge is 0.349 e. The topological polar surface area (TPSA) is 35.0 Å². The summed E-state index contributed by atoms with van der Waals surface area (Å²) in [5, 5.41) is 3.36. The van der Waals surface area contributed by atoms with E-state index in [4.69, 9.17) is 4.98 Å². The first-order valence-electron chi connectivity index (χ1n) is 7.16. The van der Waals surface area contributed by atoms with Crippen molar-refractivity contribution in [1.82, 2.24) is 14.8 Å². The van der Waals surface area contributed by atoms with Gasteiger partial charge in [0.2, 0.25) is 0 Å². The van der Waals surface area contributed by atoms with Crippen LogP contribution in [0.1, 0.15) is 18.5 Å². The molecule has 1 fully saturated rings. The molecule has 0 bridgehead atoms. The highest BCUT2D eigenvalue weighted by molar-refractivity contribution is 7.13. The molecule has 1 aliphatic rings. The Morgan fingerprint density at radius 2 is 1.90 bits per heavy atom. The van der Waals surface area contributed by atoms with Gasteiger partial charge in [-0.25, -0.2) is 4.98 Å². The molecular formula is C14H25N5S. The molecule has 1 aromatic rings. The molecule has 0 aromatic carbocycles. The molecule has 0 spiro atoms. The van der Waals surface area contributed by atoms with Crippen molar-refractivity contribution in [1.29, 1.82) is 0 Å². The lowest BCUT2D eigenvalue weighted by Gasteiger charge is -2.22. The minimum Gasteiger partial charge on any atom is -0.349 e. The number of hydrogen-bond acceptors (Lipinski definition) is 4. The molecule has 0 saturated carbocycles. The molecule has 20 heavy (non-hydrogen) atoms. The maximum atomic E-state index is 4.73. The minimum absolute atomic E-state index is 0.787. The van der Waals surface area contributed by atoms with Crippen LogP contribution in [0, 0.1) is 0 Å². The van der Waals surface area contributed by atoms with Gasteiger partial charge in [0.1, 0.15) is 0 Å². The lowest BCUT2D eigenvalue weighted by Crippen LogP contribution is -2.35. The van der Waals surface area contributed by atoms with Crippen molar-refractivity contribution in [2.24, 2.45) is 4.99 Å². The second kappa shape index (κ2) is 6.92. The summed E-state index contributed by atoms with van der Waals surface area (Å²) in [7, 11) is 8.08. The van der Waals surface area contributed by atoms with E-state index in [0.29, 0.717) is 0 Å². The van der Waals surface area contributed by atoms with Crippen LogP contribution in [-0.2, 0) is 6.42 Å². The third-order valence-electron chi connectivity index (χ3n) is 3.34. The normalized spacial score (nSPS) is 14.5. The monoisotopic (exact) mass is 295 g/mol. The Balaban J connectivity index is 1.89. The van der Waals surface area contributed by atoms with E-state index in [2.05, 4.69) is 15.3 Å². The van der Waals surface area contributed by atoms with E-state index < -0.39 is 0 Å². The number of anilines is 1. The maximum Gasteiger partial charge on any atom is 0.195 e. The summed E-state index contributed by atoms with van der Waals surface area (Å²) in [4.78, 5) is 15.8. The van der Waals surface area contributed by atoms with Gasteiger partial charge in [-0.1, -0.05) is 0 Å². The van der Waals surface area contributed by atoms with Crippen molar-refractivity contribution < 1.29 is 0 Å². The lowest BCUT2D eigenvalue weighted by atomic mass is 10.3. The van der Waals surface area contributed by atoms with E-state index in [9.17, 15) is 0 Å². The van der Waals surface area contributed by atoms with Crippen LogP contribution in [0.4, 0.5) is 5.13 Å². The fraction of sp³-hybridized carbons (Fsp3) is 0.714. The summed E-state index contributed by atoms with van der Waals surface area (Å²) < 4.78 is 0. The summed E-state index contributed by atoms with van der Waals surface area (Å²) in [5.74, 6) is 1.000. The number of guanidine groups is 1. The van der Waals surface area contributed by atoms with Crippen LogP contribution in [0.3, 0.4) is 0 Å². The molecule has 0 amide bonds. The third kappa shape index (κ3) is 3.85. The third-order valence-corrected chi connectivity index (χ3v) is 4.29. The number of thiazole rings is 1. The van der Waals surface area contributed by atoms with Gasteiger partial charge in [0.05, 0.1) is 5.69 Å². The molecule has 0 N–H and O–H groups in total. The molecule has 0 aliphatic carbocycles. The zero-order chi connectivity index (χ0) is 14.5. The van der Waals surface area contributed by atoms with Gasteiger partial charge in [-0.3, -0.25) is 4.99 Å². The Morgan fingerprint density at radius 1 is 1.25 bits per heavy atom. The molecule has 112 valence electrons. The highest BCUT2D eigenvalue weighted by Crippen LogP contribution is 2.24. The van der Waals surface area contributed by atoms with Gasteiger partial charge in [0.25, 0.3) is 0 Å². The summed E-state index contributed by atoms with van der Waals surface area (Å²) >= 11 is 1.76. The number of hydrogen-bond donors (Lipinski definition) is 0. The quantitative estimate of drug-likeness (QED) is 0.626. The maximum absolute atomic E-state index is 4.73. The molecular weight excluding hydrogens is 270 g/mol. The van der Waals surface area contributed by atoms with Crippen LogP contribution >= 0.6 is 11.3 Å². The SMILES string of the molecule is CN(C)C(=NCCc1csc(N2CCCC2)n1)N(C)C. The predicted octanol–water partition coefficient (Wildman–Crippen LogP) is 1.76. The van der Waals surface area contributed by atoms with Gasteiger partial charge in [-0.05, 0) is 12.8 Å². The number of rotatable bonds is 4. The van der Waals surface area contributed by atoms with Crippen molar-refractivity contribution >= 4 is 22.4 Å². The average Bonchev–Trinajstić information content (AvgIpc) is 3.03. The minimum atomic E-state index is 0.787. The number of aromatic nitrogens is 1. The van der Waals surface area contributed by atoms with Crippen molar-refractivity contribution in [2.45, 2.75) is 19.3 Å². The Hall–Kier alpha value is -1.30. The lowest BCUT2D eigenvalue weighted by molar-refractivity contribution is 0.479. The Kier molecular flexibility index (Phi) is 5.23. The molecule has 5 nitrogen and oxygen atoms in total. The van der Waals surface area contributed by atoms with E-state index in [1.54, 1.807) is 11.3 Å². The summed E-state index contributed by atoms with van der Waals surface area (Å²) in [6.07, 6.45) is 3.51. The van der Waals surface area contributed by atoms with Gasteiger partial charge in [0.15, 0.2) is 11.1 Å². The van der Waals surface area contributed by atoms with E-state index in [-0.39, 0.29) is 0 Å². The van der Waals surface area contributed by atoms with Crippen LogP contribution in [0.2, 0.25) is 0 Å². The molecule has 0 atom stereocenters. The summed E-state index contributed by atoms with van der Waals surface area (Å²) in [6, 6.07) is 0. The first-order chi connectivity index (χ1) is 9.58. The molecule has 1 aliphatic heterocycles. The van der Waals surface area contributed by atoms with Crippen LogP contribution in [-0.4, -0.2) is 68.6 Å². The molecule has 2 heterocycles. The van der Waals surface area contributed by atoms with Gasteiger partial charge in [-0.15, -0.1) is 11.3 Å². The Labute approximate surface area is 125 Å². The fourth-order valence-corrected chi connectivity index (χ4v) is 3.33. The van der Waals surface area contributed by atoms with Gasteiger partial charge in [0, 0.05) is 59.6 Å². The van der Waals surface area contributed by atoms with Crippen molar-refractivity contribution in [2.75, 3.05) is 52.7 Å². The van der Waals surface area contributed by atoms with Crippen LogP contribution in [0.5, 0.6) is 0 Å². The summed E-state index contributed by atoms with van der Waals surface area (Å²) in [6.45, 7) is 3.11. The first-order valence-corrected chi connectivity index (χ1v) is 8.04. The van der Waals surface area contributed by atoms with Crippen LogP contribution in [0.25, 0.3) is 0 Å². The van der Waals surface area contributed by atoms with E-state index in [1.807, 2.05) is 38.0 Å². The highest BCUT2D eigenvalue weighted by atomic mass is 32.1. The number of nitrogens with zero attached hydrogens (tertiary/aromatic N) is 5.